The standard InChI is InChI=1S/C17H20O/c1-5-13(4)15(7-3)12-17(18)16-11-9-8-10-14(16)6-2/h5,7-11H,1,3,6,12H2,2,4H3/b15-13+. The van der Waals surface area contributed by atoms with Gasteiger partial charge in [0.25, 0.3) is 0 Å². The average molecular weight is 240 g/mol. The summed E-state index contributed by atoms with van der Waals surface area (Å²) in [6.45, 7) is 11.5. The van der Waals surface area contributed by atoms with Crippen LogP contribution in [0, 0.1) is 0 Å². The van der Waals surface area contributed by atoms with Crippen molar-refractivity contribution < 1.29 is 4.79 Å². The van der Waals surface area contributed by atoms with E-state index in [1.165, 1.54) is 0 Å². The van der Waals surface area contributed by atoms with Crippen LogP contribution < -0.4 is 0 Å². The molecule has 0 spiro atoms. The van der Waals surface area contributed by atoms with Crippen LogP contribution in [-0.2, 0) is 6.42 Å². The molecule has 1 aromatic carbocycles. The minimum atomic E-state index is 0.142. The van der Waals surface area contributed by atoms with Crippen molar-refractivity contribution in [2.75, 3.05) is 0 Å². The molecule has 1 aromatic rings. The zero-order valence-corrected chi connectivity index (χ0v) is 11.2. The maximum absolute atomic E-state index is 12.3. The lowest BCUT2D eigenvalue weighted by Crippen LogP contribution is -2.04. The lowest BCUT2D eigenvalue weighted by atomic mass is 9.95. The van der Waals surface area contributed by atoms with Gasteiger partial charge in [0.2, 0.25) is 0 Å². The number of ketones is 1. The SMILES string of the molecule is C=C/C(C)=C(\C=C)CC(=O)c1ccccc1CC. The second kappa shape index (κ2) is 6.75. The van der Waals surface area contributed by atoms with E-state index in [4.69, 9.17) is 0 Å². The predicted octanol–water partition coefficient (Wildman–Crippen LogP) is 4.51. The van der Waals surface area contributed by atoms with Crippen LogP contribution in [0.2, 0.25) is 0 Å². The van der Waals surface area contributed by atoms with Gasteiger partial charge in [0, 0.05) is 12.0 Å². The molecule has 0 amide bonds. The minimum Gasteiger partial charge on any atom is -0.294 e. The maximum Gasteiger partial charge on any atom is 0.167 e. The Hall–Kier alpha value is -1.89. The van der Waals surface area contributed by atoms with Gasteiger partial charge in [-0.3, -0.25) is 4.79 Å². The van der Waals surface area contributed by atoms with Crippen LogP contribution in [0.15, 0.2) is 60.7 Å². The summed E-state index contributed by atoms with van der Waals surface area (Å²) in [7, 11) is 0. The van der Waals surface area contributed by atoms with E-state index in [0.29, 0.717) is 6.42 Å². The van der Waals surface area contributed by atoms with Gasteiger partial charge in [0.15, 0.2) is 5.78 Å². The molecule has 0 N–H and O–H groups in total. The van der Waals surface area contributed by atoms with Crippen molar-refractivity contribution in [2.45, 2.75) is 26.7 Å². The number of rotatable bonds is 6. The van der Waals surface area contributed by atoms with Crippen LogP contribution in [0.5, 0.6) is 0 Å². The summed E-state index contributed by atoms with van der Waals surface area (Å²) in [4.78, 5) is 12.3. The van der Waals surface area contributed by atoms with E-state index >= 15 is 0 Å². The number of carbonyl (C=O) groups is 1. The Bertz CT molecular complexity index is 492. The average Bonchev–Trinajstić information content (AvgIpc) is 2.43. The lowest BCUT2D eigenvalue weighted by Gasteiger charge is -2.08. The Kier molecular flexibility index (Phi) is 5.31. The first kappa shape index (κ1) is 14.2. The first-order valence-electron chi connectivity index (χ1n) is 6.19. The van der Waals surface area contributed by atoms with E-state index < -0.39 is 0 Å². The minimum absolute atomic E-state index is 0.142. The third-order valence-electron chi connectivity index (χ3n) is 3.11. The summed E-state index contributed by atoms with van der Waals surface area (Å²) in [6.07, 6.45) is 4.76. The number of allylic oxidation sites excluding steroid dienone is 4. The van der Waals surface area contributed by atoms with Crippen LogP contribution in [-0.4, -0.2) is 5.78 Å². The highest BCUT2D eigenvalue weighted by atomic mass is 16.1. The quantitative estimate of drug-likeness (QED) is 0.528. The number of hydrogen-bond donors (Lipinski definition) is 0. The highest BCUT2D eigenvalue weighted by Crippen LogP contribution is 2.18. The number of hydrogen-bond acceptors (Lipinski definition) is 1. The molecule has 0 aromatic heterocycles. The van der Waals surface area contributed by atoms with E-state index in [0.717, 1.165) is 28.7 Å². The summed E-state index contributed by atoms with van der Waals surface area (Å²) in [6, 6.07) is 7.77. The maximum atomic E-state index is 12.3. The monoisotopic (exact) mass is 240 g/mol. The number of aryl methyl sites for hydroxylation is 1. The lowest BCUT2D eigenvalue weighted by molar-refractivity contribution is 0.0992. The summed E-state index contributed by atoms with van der Waals surface area (Å²) in [5.74, 6) is 0.142. The predicted molar refractivity (Wildman–Crippen MR) is 77.9 cm³/mol. The summed E-state index contributed by atoms with van der Waals surface area (Å²) in [5.41, 5.74) is 3.87. The molecule has 1 rings (SSSR count). The Morgan fingerprint density at radius 2 is 1.89 bits per heavy atom. The normalized spacial score (nSPS) is 11.7. The van der Waals surface area contributed by atoms with Gasteiger partial charge in [0.05, 0.1) is 0 Å². The topological polar surface area (TPSA) is 17.1 Å². The number of carbonyl (C=O) groups excluding carboxylic acids is 1. The molecular weight excluding hydrogens is 220 g/mol. The van der Waals surface area contributed by atoms with Gasteiger partial charge in [-0.05, 0) is 30.1 Å². The molecule has 0 aliphatic carbocycles. The highest BCUT2D eigenvalue weighted by molar-refractivity contribution is 5.99. The van der Waals surface area contributed by atoms with Crippen LogP contribution in [0.1, 0.15) is 36.2 Å². The fourth-order valence-corrected chi connectivity index (χ4v) is 1.87. The van der Waals surface area contributed by atoms with Gasteiger partial charge < -0.3 is 0 Å². The molecule has 0 radical (unpaired) electrons. The van der Waals surface area contributed by atoms with E-state index in [1.807, 2.05) is 31.2 Å². The molecule has 0 saturated carbocycles. The molecule has 1 heteroatoms. The molecular formula is C17H20O. The zero-order valence-electron chi connectivity index (χ0n) is 11.2. The fraction of sp³-hybridized carbons (Fsp3) is 0.235. The number of Topliss-reactive ketones (excluding diaryl/α,β-unsaturated/α-hetero) is 1. The second-order valence-electron chi connectivity index (χ2n) is 4.23. The van der Waals surface area contributed by atoms with Gasteiger partial charge in [0.1, 0.15) is 0 Å². The van der Waals surface area contributed by atoms with Gasteiger partial charge in [-0.2, -0.15) is 0 Å². The zero-order chi connectivity index (χ0) is 13.5. The molecule has 94 valence electrons. The third-order valence-corrected chi connectivity index (χ3v) is 3.11. The van der Waals surface area contributed by atoms with Crippen LogP contribution >= 0.6 is 0 Å². The van der Waals surface area contributed by atoms with Crippen molar-refractivity contribution in [2.24, 2.45) is 0 Å². The smallest absolute Gasteiger partial charge is 0.167 e. The third kappa shape index (κ3) is 3.30. The van der Waals surface area contributed by atoms with Crippen molar-refractivity contribution in [3.05, 3.63) is 71.8 Å². The second-order valence-corrected chi connectivity index (χ2v) is 4.23. The Morgan fingerprint density at radius 3 is 2.44 bits per heavy atom. The molecule has 1 nitrogen and oxygen atoms in total. The van der Waals surface area contributed by atoms with Crippen molar-refractivity contribution in [3.8, 4) is 0 Å². The Morgan fingerprint density at radius 1 is 1.22 bits per heavy atom. The molecule has 0 unspecified atom stereocenters. The van der Waals surface area contributed by atoms with Gasteiger partial charge in [-0.25, -0.2) is 0 Å². The van der Waals surface area contributed by atoms with Crippen molar-refractivity contribution >= 4 is 5.78 Å². The van der Waals surface area contributed by atoms with Gasteiger partial charge in [-0.15, -0.1) is 0 Å². The van der Waals surface area contributed by atoms with Crippen LogP contribution in [0.25, 0.3) is 0 Å². The molecule has 0 bridgehead atoms. The molecule has 0 aliphatic heterocycles. The van der Waals surface area contributed by atoms with Crippen molar-refractivity contribution in [1.29, 1.82) is 0 Å². The molecule has 0 fully saturated rings. The van der Waals surface area contributed by atoms with Crippen LogP contribution in [0.4, 0.5) is 0 Å². The summed E-state index contributed by atoms with van der Waals surface area (Å²) >= 11 is 0. The highest BCUT2D eigenvalue weighted by Gasteiger charge is 2.11. The van der Waals surface area contributed by atoms with E-state index in [1.54, 1.807) is 12.2 Å². The van der Waals surface area contributed by atoms with Crippen molar-refractivity contribution in [3.63, 3.8) is 0 Å². The van der Waals surface area contributed by atoms with E-state index in [-0.39, 0.29) is 5.78 Å². The van der Waals surface area contributed by atoms with Crippen LogP contribution in [0.3, 0.4) is 0 Å². The summed E-state index contributed by atoms with van der Waals surface area (Å²) < 4.78 is 0. The first-order valence-corrected chi connectivity index (χ1v) is 6.19. The summed E-state index contributed by atoms with van der Waals surface area (Å²) in [5, 5.41) is 0. The molecule has 0 atom stereocenters. The van der Waals surface area contributed by atoms with Gasteiger partial charge >= 0.3 is 0 Å². The first-order chi connectivity index (χ1) is 8.63. The van der Waals surface area contributed by atoms with E-state index in [9.17, 15) is 4.79 Å². The molecule has 0 aliphatic rings. The Labute approximate surface area is 110 Å². The van der Waals surface area contributed by atoms with Crippen molar-refractivity contribution in [1.82, 2.24) is 0 Å². The molecule has 0 heterocycles. The fourth-order valence-electron chi connectivity index (χ4n) is 1.87. The van der Waals surface area contributed by atoms with E-state index in [2.05, 4.69) is 20.1 Å². The largest absolute Gasteiger partial charge is 0.294 e. The molecule has 0 saturated heterocycles. The Balaban J connectivity index is 3.02. The molecule has 18 heavy (non-hydrogen) atoms. The number of benzene rings is 1. The van der Waals surface area contributed by atoms with Gasteiger partial charge in [-0.1, -0.05) is 56.5 Å².